The van der Waals surface area contributed by atoms with Crippen LogP contribution < -0.4 is 5.32 Å². The van der Waals surface area contributed by atoms with Crippen LogP contribution >= 0.6 is 0 Å². The van der Waals surface area contributed by atoms with Crippen molar-refractivity contribution in [2.24, 2.45) is 0 Å². The minimum absolute atomic E-state index is 0.483. The largest absolute Gasteiger partial charge is 0.310 e. The summed E-state index contributed by atoms with van der Waals surface area (Å²) in [6, 6.07) is 8.97. The summed E-state index contributed by atoms with van der Waals surface area (Å²) in [7, 11) is 0. The lowest BCUT2D eigenvalue weighted by Gasteiger charge is -2.24. The van der Waals surface area contributed by atoms with E-state index in [1.165, 1.54) is 41.8 Å². The lowest BCUT2D eigenvalue weighted by atomic mass is 9.92. The van der Waals surface area contributed by atoms with Gasteiger partial charge in [-0.1, -0.05) is 25.1 Å². The second kappa shape index (κ2) is 5.80. The molecule has 0 bridgehead atoms. The first-order valence-corrected chi connectivity index (χ1v) is 7.67. The molecule has 1 aromatic heterocycles. The van der Waals surface area contributed by atoms with E-state index in [4.69, 9.17) is 0 Å². The number of nitrogens with zero attached hydrogens (tertiary/aromatic N) is 2. The molecule has 0 aliphatic heterocycles. The number of hydrogen-bond donors (Lipinski definition) is 1. The number of benzene rings is 1. The van der Waals surface area contributed by atoms with Crippen LogP contribution in [0.2, 0.25) is 0 Å². The molecular formula is C17H23N3. The second-order valence-electron chi connectivity index (χ2n) is 5.64. The van der Waals surface area contributed by atoms with Gasteiger partial charge in [0, 0.05) is 17.3 Å². The third kappa shape index (κ3) is 2.38. The van der Waals surface area contributed by atoms with Crippen LogP contribution in [0.25, 0.3) is 5.69 Å². The molecule has 0 fully saturated rings. The molecule has 1 aliphatic rings. The first kappa shape index (κ1) is 13.4. The van der Waals surface area contributed by atoms with Gasteiger partial charge in [-0.3, -0.25) is 0 Å². The summed E-state index contributed by atoms with van der Waals surface area (Å²) in [5.41, 5.74) is 5.28. The van der Waals surface area contributed by atoms with Gasteiger partial charge in [-0.15, -0.1) is 0 Å². The van der Waals surface area contributed by atoms with Crippen LogP contribution in [-0.4, -0.2) is 16.3 Å². The summed E-state index contributed by atoms with van der Waals surface area (Å²) >= 11 is 0. The van der Waals surface area contributed by atoms with Crippen molar-refractivity contribution in [1.82, 2.24) is 15.1 Å². The Bertz CT molecular complexity index is 586. The average molecular weight is 269 g/mol. The van der Waals surface area contributed by atoms with E-state index in [-0.39, 0.29) is 0 Å². The van der Waals surface area contributed by atoms with E-state index in [1.54, 1.807) is 0 Å². The molecule has 1 heterocycles. The summed E-state index contributed by atoms with van der Waals surface area (Å²) < 4.78 is 2.14. The molecule has 0 radical (unpaired) electrons. The maximum absolute atomic E-state index is 4.66. The first-order valence-electron chi connectivity index (χ1n) is 7.67. The van der Waals surface area contributed by atoms with Crippen LogP contribution in [0.1, 0.15) is 49.0 Å². The molecule has 3 heteroatoms. The fourth-order valence-electron chi connectivity index (χ4n) is 3.10. The molecule has 0 saturated heterocycles. The normalized spacial score (nSPS) is 18.0. The van der Waals surface area contributed by atoms with Crippen molar-refractivity contribution in [3.63, 3.8) is 0 Å². The van der Waals surface area contributed by atoms with Gasteiger partial charge in [-0.05, 0) is 50.8 Å². The Morgan fingerprint density at radius 3 is 3.00 bits per heavy atom. The van der Waals surface area contributed by atoms with Crippen LogP contribution in [0.5, 0.6) is 0 Å². The first-order chi connectivity index (χ1) is 9.81. The van der Waals surface area contributed by atoms with Crippen LogP contribution in [0.3, 0.4) is 0 Å². The van der Waals surface area contributed by atoms with Crippen molar-refractivity contribution in [1.29, 1.82) is 0 Å². The quantitative estimate of drug-likeness (QED) is 0.919. The summed E-state index contributed by atoms with van der Waals surface area (Å²) in [5, 5.41) is 8.32. The SMILES string of the molecule is CCCNC1CCCc2c1cnn2-c1ccccc1C. The Morgan fingerprint density at radius 1 is 1.35 bits per heavy atom. The molecule has 1 N–H and O–H groups in total. The standard InChI is InChI=1S/C17H23N3/c1-3-11-18-15-8-6-10-17-14(15)12-19-20(17)16-9-5-4-7-13(16)2/h4-5,7,9,12,15,18H,3,6,8,10-11H2,1-2H3. The van der Waals surface area contributed by atoms with E-state index in [0.717, 1.165) is 13.0 Å². The smallest absolute Gasteiger partial charge is 0.0678 e. The Kier molecular flexibility index (Phi) is 3.88. The van der Waals surface area contributed by atoms with Crippen molar-refractivity contribution in [2.45, 2.75) is 45.6 Å². The highest BCUT2D eigenvalue weighted by atomic mass is 15.3. The average Bonchev–Trinajstić information content (AvgIpc) is 2.90. The van der Waals surface area contributed by atoms with Gasteiger partial charge < -0.3 is 5.32 Å². The van der Waals surface area contributed by atoms with E-state index < -0.39 is 0 Å². The van der Waals surface area contributed by atoms with Crippen molar-refractivity contribution >= 4 is 0 Å². The van der Waals surface area contributed by atoms with Gasteiger partial charge >= 0.3 is 0 Å². The van der Waals surface area contributed by atoms with Gasteiger partial charge in [0.05, 0.1) is 11.9 Å². The summed E-state index contributed by atoms with van der Waals surface area (Å²) in [5.74, 6) is 0. The molecule has 106 valence electrons. The fraction of sp³-hybridized carbons (Fsp3) is 0.471. The van der Waals surface area contributed by atoms with Gasteiger partial charge in [0.2, 0.25) is 0 Å². The predicted molar refractivity (Wildman–Crippen MR) is 82.3 cm³/mol. The maximum atomic E-state index is 4.66. The van der Waals surface area contributed by atoms with E-state index in [9.17, 15) is 0 Å². The highest BCUT2D eigenvalue weighted by molar-refractivity contribution is 5.42. The fourth-order valence-corrected chi connectivity index (χ4v) is 3.10. The zero-order valence-electron chi connectivity index (χ0n) is 12.4. The maximum Gasteiger partial charge on any atom is 0.0678 e. The number of aryl methyl sites for hydroxylation is 1. The minimum atomic E-state index is 0.483. The Labute approximate surface area is 121 Å². The highest BCUT2D eigenvalue weighted by Gasteiger charge is 2.24. The molecule has 1 aromatic carbocycles. The van der Waals surface area contributed by atoms with Crippen molar-refractivity contribution in [3.8, 4) is 5.69 Å². The molecule has 20 heavy (non-hydrogen) atoms. The van der Waals surface area contributed by atoms with Crippen molar-refractivity contribution < 1.29 is 0 Å². The number of rotatable bonds is 4. The van der Waals surface area contributed by atoms with Crippen molar-refractivity contribution in [2.75, 3.05) is 6.54 Å². The van der Waals surface area contributed by atoms with E-state index in [1.807, 2.05) is 0 Å². The van der Waals surface area contributed by atoms with Gasteiger partial charge in [-0.2, -0.15) is 5.10 Å². The van der Waals surface area contributed by atoms with Crippen LogP contribution in [0.15, 0.2) is 30.5 Å². The minimum Gasteiger partial charge on any atom is -0.310 e. The van der Waals surface area contributed by atoms with Crippen LogP contribution in [0, 0.1) is 6.92 Å². The molecule has 0 saturated carbocycles. The Hall–Kier alpha value is -1.61. The van der Waals surface area contributed by atoms with Crippen molar-refractivity contribution in [3.05, 3.63) is 47.3 Å². The number of nitrogens with one attached hydrogen (secondary N) is 1. The van der Waals surface area contributed by atoms with Crippen LogP contribution in [-0.2, 0) is 6.42 Å². The van der Waals surface area contributed by atoms with E-state index in [2.05, 4.69) is 59.4 Å². The summed E-state index contributed by atoms with van der Waals surface area (Å²) in [4.78, 5) is 0. The molecule has 1 aliphatic carbocycles. The molecular weight excluding hydrogens is 246 g/mol. The van der Waals surface area contributed by atoms with Gasteiger partial charge in [0.1, 0.15) is 0 Å². The Balaban J connectivity index is 1.96. The van der Waals surface area contributed by atoms with Gasteiger partial charge in [0.25, 0.3) is 0 Å². The molecule has 3 rings (SSSR count). The molecule has 2 aromatic rings. The summed E-state index contributed by atoms with van der Waals surface area (Å²) in [6.45, 7) is 5.45. The number of fused-ring (bicyclic) bond motifs is 1. The topological polar surface area (TPSA) is 29.9 Å². The second-order valence-corrected chi connectivity index (χ2v) is 5.64. The van der Waals surface area contributed by atoms with Crippen LogP contribution in [0.4, 0.5) is 0 Å². The molecule has 3 nitrogen and oxygen atoms in total. The molecule has 0 amide bonds. The zero-order chi connectivity index (χ0) is 13.9. The lowest BCUT2D eigenvalue weighted by molar-refractivity contribution is 0.456. The van der Waals surface area contributed by atoms with E-state index >= 15 is 0 Å². The number of para-hydroxylation sites is 1. The van der Waals surface area contributed by atoms with E-state index in [0.29, 0.717) is 6.04 Å². The summed E-state index contributed by atoms with van der Waals surface area (Å²) in [6.07, 6.45) is 6.85. The van der Waals surface area contributed by atoms with Gasteiger partial charge in [0.15, 0.2) is 0 Å². The molecule has 1 atom stereocenters. The third-order valence-corrected chi connectivity index (χ3v) is 4.17. The number of aromatic nitrogens is 2. The molecule has 0 spiro atoms. The highest BCUT2D eigenvalue weighted by Crippen LogP contribution is 2.31. The van der Waals surface area contributed by atoms with Gasteiger partial charge in [-0.25, -0.2) is 4.68 Å². The predicted octanol–water partition coefficient (Wildman–Crippen LogP) is 3.56. The number of hydrogen-bond acceptors (Lipinski definition) is 2. The molecule has 1 unspecified atom stereocenters. The lowest BCUT2D eigenvalue weighted by Crippen LogP contribution is -2.25. The Morgan fingerprint density at radius 2 is 2.20 bits per heavy atom. The zero-order valence-corrected chi connectivity index (χ0v) is 12.4. The third-order valence-electron chi connectivity index (χ3n) is 4.17. The monoisotopic (exact) mass is 269 g/mol.